The number of rotatable bonds is 0. The molecule has 1 aliphatic heterocycles. The minimum atomic E-state index is -0.303. The topological polar surface area (TPSA) is 52.0 Å². The maximum atomic E-state index is 5.36. The first-order valence-electron chi connectivity index (χ1n) is 1.55. The van der Waals surface area contributed by atoms with Crippen LogP contribution in [0.5, 0.6) is 0 Å². The monoisotopic (exact) mass is 120 g/mol. The summed E-state index contributed by atoms with van der Waals surface area (Å²) in [6, 6.07) is 0. The summed E-state index contributed by atoms with van der Waals surface area (Å²) in [5.41, 5.74) is 14.8. The molecular formula is C2H6N2P2. The van der Waals surface area contributed by atoms with Crippen molar-refractivity contribution in [3.63, 3.8) is 0 Å². The van der Waals surface area contributed by atoms with E-state index in [-0.39, 0.29) is 15.4 Å². The molecule has 0 radical (unpaired) electrons. The minimum absolute atomic E-state index is 0.303. The van der Waals surface area contributed by atoms with E-state index < -0.39 is 0 Å². The van der Waals surface area contributed by atoms with Crippen molar-refractivity contribution < 1.29 is 0 Å². The van der Waals surface area contributed by atoms with Crippen LogP contribution in [0.1, 0.15) is 0 Å². The summed E-state index contributed by atoms with van der Waals surface area (Å²) in [6.45, 7) is 0. The molecule has 0 amide bonds. The second-order valence-electron chi connectivity index (χ2n) is 1.13. The molecule has 0 fully saturated rings. The first kappa shape index (κ1) is 4.55. The van der Waals surface area contributed by atoms with E-state index in [1.807, 2.05) is 11.1 Å². The average molecular weight is 120 g/mol. The van der Waals surface area contributed by atoms with Gasteiger partial charge in [-0.15, -0.1) is 0 Å². The van der Waals surface area contributed by atoms with Crippen LogP contribution in [-0.4, -0.2) is 11.1 Å². The summed E-state index contributed by atoms with van der Waals surface area (Å²) >= 11 is 0. The van der Waals surface area contributed by atoms with Crippen molar-refractivity contribution in [2.45, 2.75) is 0 Å². The summed E-state index contributed by atoms with van der Waals surface area (Å²) in [5.74, 6) is 0. The van der Waals surface area contributed by atoms with Crippen LogP contribution < -0.4 is 11.0 Å². The van der Waals surface area contributed by atoms with Crippen molar-refractivity contribution in [3.8, 4) is 0 Å². The highest BCUT2D eigenvalue weighted by Crippen LogP contribution is 2.32. The molecule has 1 heterocycles. The van der Waals surface area contributed by atoms with Gasteiger partial charge in [-0.3, -0.25) is 5.50 Å². The molecule has 2 nitrogen and oxygen atoms in total. The predicted molar refractivity (Wildman–Crippen MR) is 34.3 cm³/mol. The van der Waals surface area contributed by atoms with Crippen LogP contribution in [0.4, 0.5) is 0 Å². The van der Waals surface area contributed by atoms with Crippen molar-refractivity contribution in [2.24, 2.45) is 11.0 Å². The van der Waals surface area contributed by atoms with Gasteiger partial charge in [0.1, 0.15) is 0 Å². The lowest BCUT2D eigenvalue weighted by molar-refractivity contribution is 2.01. The zero-order valence-corrected chi connectivity index (χ0v) is 4.99. The van der Waals surface area contributed by atoms with Crippen LogP contribution >= 0.6 is 15.4 Å². The minimum Gasteiger partial charge on any atom is -0.303 e. The van der Waals surface area contributed by atoms with Crippen LogP contribution in [-0.2, 0) is 0 Å². The van der Waals surface area contributed by atoms with E-state index in [1.54, 1.807) is 0 Å². The lowest BCUT2D eigenvalue weighted by Gasteiger charge is -2.05. The van der Waals surface area contributed by atoms with E-state index in [2.05, 4.69) is 0 Å². The number of nitrogens with two attached hydrogens (primary N) is 2. The SMILES string of the molecule is NP1C=P(N)=C1. The van der Waals surface area contributed by atoms with Crippen molar-refractivity contribution in [1.29, 1.82) is 0 Å². The largest absolute Gasteiger partial charge is 0.303 e. The Morgan fingerprint density at radius 1 is 1.17 bits per heavy atom. The normalized spacial score (nSPS) is 36.3. The molecule has 0 aromatic rings. The van der Waals surface area contributed by atoms with E-state index in [0.29, 0.717) is 0 Å². The smallest absolute Gasteiger partial charge is 0.0181 e. The highest BCUT2D eigenvalue weighted by Gasteiger charge is 1.96. The van der Waals surface area contributed by atoms with Gasteiger partial charge in [0, 0.05) is 8.07 Å². The van der Waals surface area contributed by atoms with Gasteiger partial charge in [0.15, 0.2) is 0 Å². The molecule has 0 bridgehead atoms. The van der Waals surface area contributed by atoms with Gasteiger partial charge in [0.05, 0.1) is 0 Å². The zero-order chi connectivity index (χ0) is 4.57. The highest BCUT2D eigenvalue weighted by atomic mass is 31.2. The molecule has 0 aromatic heterocycles. The maximum Gasteiger partial charge on any atom is 0.0181 e. The lowest BCUT2D eigenvalue weighted by atomic mass is 11.9. The fourth-order valence-electron chi connectivity index (χ4n) is 0.298. The number of hydrogen-bond acceptors (Lipinski definition) is 2. The summed E-state index contributed by atoms with van der Waals surface area (Å²) < 4.78 is 0. The molecule has 0 spiro atoms. The van der Waals surface area contributed by atoms with Gasteiger partial charge in [-0.05, 0) is 11.1 Å². The Bertz CT molecular complexity index is 120. The number of hydrogen-bond donors (Lipinski definition) is 2. The molecule has 34 valence electrons. The van der Waals surface area contributed by atoms with Crippen LogP contribution in [0.25, 0.3) is 0 Å². The van der Waals surface area contributed by atoms with Crippen LogP contribution in [0.15, 0.2) is 0 Å². The Morgan fingerprint density at radius 3 is 1.67 bits per heavy atom. The molecule has 0 atom stereocenters. The molecule has 0 saturated carbocycles. The standard InChI is InChI=1S/C2H6N2P2/c3-5-1-6(4)2-5/h1-2H,3-4H2. The molecule has 6 heavy (non-hydrogen) atoms. The average Bonchev–Trinajstić information content (AvgIpc) is 1.33. The molecule has 0 unspecified atom stereocenters. The summed E-state index contributed by atoms with van der Waals surface area (Å²) in [5, 5.41) is 0. The van der Waals surface area contributed by atoms with Crippen molar-refractivity contribution in [2.75, 3.05) is 0 Å². The predicted octanol–water partition coefficient (Wildman–Crippen LogP) is 0.231. The van der Waals surface area contributed by atoms with Crippen molar-refractivity contribution in [3.05, 3.63) is 0 Å². The molecule has 4 N–H and O–H groups in total. The highest BCUT2D eigenvalue weighted by molar-refractivity contribution is 8.07. The second-order valence-corrected chi connectivity index (χ2v) is 4.76. The Morgan fingerprint density at radius 2 is 1.67 bits per heavy atom. The Labute approximate surface area is 38.4 Å². The Hall–Kier alpha value is 0.390. The molecule has 4 heteroatoms. The van der Waals surface area contributed by atoms with E-state index in [9.17, 15) is 0 Å². The third-order valence-electron chi connectivity index (χ3n) is 0.533. The third-order valence-corrected chi connectivity index (χ3v) is 4.80. The summed E-state index contributed by atoms with van der Waals surface area (Å²) in [7, 11) is -0.606. The van der Waals surface area contributed by atoms with Crippen LogP contribution in [0, 0.1) is 0 Å². The molecule has 0 aromatic carbocycles. The van der Waals surface area contributed by atoms with E-state index in [1.165, 1.54) is 0 Å². The van der Waals surface area contributed by atoms with Gasteiger partial charge in [-0.25, -0.2) is 0 Å². The molecule has 1 rings (SSSR count). The van der Waals surface area contributed by atoms with Gasteiger partial charge < -0.3 is 5.50 Å². The molecule has 0 saturated heterocycles. The van der Waals surface area contributed by atoms with E-state index in [0.717, 1.165) is 0 Å². The van der Waals surface area contributed by atoms with Gasteiger partial charge in [0.2, 0.25) is 0 Å². The van der Waals surface area contributed by atoms with Crippen LogP contribution in [0.2, 0.25) is 0 Å². The van der Waals surface area contributed by atoms with Gasteiger partial charge in [0.25, 0.3) is 0 Å². The molecule has 0 aliphatic carbocycles. The van der Waals surface area contributed by atoms with Crippen LogP contribution in [0.3, 0.4) is 0 Å². The first-order chi connectivity index (χ1) is 2.79. The summed E-state index contributed by atoms with van der Waals surface area (Å²) in [6.07, 6.45) is 0. The third kappa shape index (κ3) is 0.717. The Kier molecular flexibility index (Phi) is 1.12. The van der Waals surface area contributed by atoms with Crippen molar-refractivity contribution in [1.82, 2.24) is 0 Å². The quantitative estimate of drug-likeness (QED) is 0.449. The van der Waals surface area contributed by atoms with E-state index in [4.69, 9.17) is 11.0 Å². The van der Waals surface area contributed by atoms with Gasteiger partial charge in [-0.1, -0.05) is 7.32 Å². The fourth-order valence-corrected chi connectivity index (χ4v) is 2.68. The second kappa shape index (κ2) is 1.48. The maximum absolute atomic E-state index is 5.36. The molecular weight excluding hydrogens is 114 g/mol. The fraction of sp³-hybridized carbons (Fsp3) is 0. The molecule has 1 aliphatic rings. The van der Waals surface area contributed by atoms with Gasteiger partial charge in [-0.2, -0.15) is 0 Å². The van der Waals surface area contributed by atoms with Gasteiger partial charge >= 0.3 is 0 Å². The zero-order valence-electron chi connectivity index (χ0n) is 3.20. The van der Waals surface area contributed by atoms with E-state index >= 15 is 0 Å². The van der Waals surface area contributed by atoms with Crippen molar-refractivity contribution >= 4 is 26.5 Å². The Balaban J connectivity index is 2.66. The first-order valence-corrected chi connectivity index (χ1v) is 4.65. The lowest BCUT2D eigenvalue weighted by Crippen LogP contribution is -1.97. The summed E-state index contributed by atoms with van der Waals surface area (Å²) in [4.78, 5) is 0.